The van der Waals surface area contributed by atoms with E-state index < -0.39 is 0 Å². The molecule has 3 heterocycles. The minimum absolute atomic E-state index is 0.173. The molecule has 0 radical (unpaired) electrons. The van der Waals surface area contributed by atoms with Gasteiger partial charge in [-0.15, -0.1) is 0 Å². The highest BCUT2D eigenvalue weighted by atomic mass is 16.5. The number of amides is 2. The van der Waals surface area contributed by atoms with Gasteiger partial charge in [-0.05, 0) is 62.7 Å². The van der Waals surface area contributed by atoms with E-state index in [0.29, 0.717) is 42.1 Å². The molecule has 1 aliphatic heterocycles. The number of hydrogen-bond donors (Lipinski definition) is 2. The van der Waals surface area contributed by atoms with E-state index >= 15 is 0 Å². The normalized spacial score (nSPS) is 13.3. The highest BCUT2D eigenvalue weighted by Crippen LogP contribution is 2.42. The predicted octanol–water partition coefficient (Wildman–Crippen LogP) is 5.34. The zero-order valence-electron chi connectivity index (χ0n) is 23.1. The summed E-state index contributed by atoms with van der Waals surface area (Å²) in [4.78, 5) is 25.3. The van der Waals surface area contributed by atoms with Crippen molar-refractivity contribution in [3.63, 3.8) is 0 Å². The number of aryl methyl sites for hydroxylation is 3. The van der Waals surface area contributed by atoms with Crippen molar-refractivity contribution in [1.82, 2.24) is 19.7 Å². The van der Waals surface area contributed by atoms with Crippen molar-refractivity contribution in [1.29, 1.82) is 5.26 Å². The van der Waals surface area contributed by atoms with E-state index in [1.54, 1.807) is 31.4 Å². The molecule has 2 amide bonds. The number of allylic oxidation sites excluding steroid dienone is 1. The summed E-state index contributed by atoms with van der Waals surface area (Å²) in [6.07, 6.45) is 2.85. The molecule has 0 saturated carbocycles. The molecule has 0 spiro atoms. The fourth-order valence-electron chi connectivity index (χ4n) is 5.16. The van der Waals surface area contributed by atoms with Crippen molar-refractivity contribution in [2.24, 2.45) is 7.05 Å². The molecular weight excluding hydrogens is 508 g/mol. The number of nitrogens with zero attached hydrogens (tertiary/aromatic N) is 4. The fourth-order valence-corrected chi connectivity index (χ4v) is 5.16. The predicted molar refractivity (Wildman–Crippen MR) is 152 cm³/mol. The zero-order chi connectivity index (χ0) is 28.6. The topological polar surface area (TPSA) is 123 Å². The number of ketones is 1. The molecule has 10 nitrogen and oxygen atoms in total. The van der Waals surface area contributed by atoms with E-state index in [-0.39, 0.29) is 17.6 Å². The standard InChI is InChI=1S/C30H30N6O4/c1-17-27(18(2)35(4)34-17)28-22(21-15-20(39-5)9-10-24(21)36(28)13-7-6-12-31)16-26-29(37)23-14-19(33-30(38)32-3)8-11-25(23)40-26/h8-11,14-16H,6-7,13H2,1-5H3,(H2,32,33,38). The molecule has 1 aliphatic rings. The summed E-state index contributed by atoms with van der Waals surface area (Å²) in [5, 5.41) is 19.9. The van der Waals surface area contributed by atoms with Gasteiger partial charge < -0.3 is 24.7 Å². The lowest BCUT2D eigenvalue weighted by Crippen LogP contribution is -2.24. The van der Waals surface area contributed by atoms with Gasteiger partial charge in [0, 0.05) is 60.5 Å². The SMILES string of the molecule is CNC(=O)Nc1ccc2c(c1)C(=O)C(=Cc1c(-c3c(C)nn(C)c3C)n(CCCC#N)c3ccc(OC)cc13)O2. The Kier molecular flexibility index (Phi) is 7.05. The monoisotopic (exact) mass is 538 g/mol. The first-order valence-corrected chi connectivity index (χ1v) is 12.9. The third-order valence-electron chi connectivity index (χ3n) is 7.15. The number of hydrogen-bond acceptors (Lipinski definition) is 6. The van der Waals surface area contributed by atoms with E-state index in [1.807, 2.05) is 43.8 Å². The first kappa shape index (κ1) is 26.6. The third kappa shape index (κ3) is 4.56. The van der Waals surface area contributed by atoms with Gasteiger partial charge in [0.15, 0.2) is 5.76 Å². The third-order valence-corrected chi connectivity index (χ3v) is 7.15. The van der Waals surface area contributed by atoms with Crippen LogP contribution in [0, 0.1) is 25.2 Å². The molecule has 0 unspecified atom stereocenters. The number of rotatable bonds is 7. The van der Waals surface area contributed by atoms with Crippen LogP contribution in [0.15, 0.2) is 42.2 Å². The van der Waals surface area contributed by atoms with Gasteiger partial charge in [0.05, 0.1) is 30.1 Å². The number of ether oxygens (including phenoxy) is 2. The smallest absolute Gasteiger partial charge is 0.318 e. The van der Waals surface area contributed by atoms with E-state index in [0.717, 1.165) is 39.1 Å². The van der Waals surface area contributed by atoms with E-state index in [4.69, 9.17) is 9.47 Å². The van der Waals surface area contributed by atoms with Gasteiger partial charge in [0.1, 0.15) is 11.5 Å². The minimum atomic E-state index is -0.382. The van der Waals surface area contributed by atoms with Crippen molar-refractivity contribution >= 4 is 34.5 Å². The molecule has 2 aromatic heterocycles. The number of unbranched alkanes of at least 4 members (excludes halogenated alkanes) is 1. The van der Waals surface area contributed by atoms with Gasteiger partial charge >= 0.3 is 6.03 Å². The Morgan fingerprint density at radius 2 is 2.02 bits per heavy atom. The lowest BCUT2D eigenvalue weighted by molar-refractivity contribution is 0.101. The molecular formula is C30H30N6O4. The Balaban J connectivity index is 1.72. The summed E-state index contributed by atoms with van der Waals surface area (Å²) < 4.78 is 15.6. The van der Waals surface area contributed by atoms with Crippen LogP contribution in [0.25, 0.3) is 28.2 Å². The molecule has 10 heteroatoms. The Labute approximate surface area is 231 Å². The average molecular weight is 539 g/mol. The van der Waals surface area contributed by atoms with Crippen molar-refractivity contribution in [3.8, 4) is 28.8 Å². The molecule has 4 aromatic rings. The number of fused-ring (bicyclic) bond motifs is 2. The Hall–Kier alpha value is -5.04. The van der Waals surface area contributed by atoms with E-state index in [1.165, 1.54) is 7.05 Å². The summed E-state index contributed by atoms with van der Waals surface area (Å²) in [7, 11) is 5.04. The number of anilines is 1. The van der Waals surface area contributed by atoms with Gasteiger partial charge in [0.25, 0.3) is 0 Å². The molecule has 0 fully saturated rings. The van der Waals surface area contributed by atoms with Crippen LogP contribution in [0.2, 0.25) is 0 Å². The number of nitriles is 1. The second kappa shape index (κ2) is 10.6. The number of urea groups is 1. The van der Waals surface area contributed by atoms with Crippen LogP contribution in [-0.2, 0) is 13.6 Å². The second-order valence-electron chi connectivity index (χ2n) is 9.58. The molecule has 2 aromatic carbocycles. The second-order valence-corrected chi connectivity index (χ2v) is 9.58. The number of carbonyl (C=O) groups excluding carboxylic acids is 2. The summed E-state index contributed by atoms with van der Waals surface area (Å²) >= 11 is 0. The molecule has 40 heavy (non-hydrogen) atoms. The van der Waals surface area contributed by atoms with Crippen LogP contribution < -0.4 is 20.1 Å². The van der Waals surface area contributed by atoms with Crippen molar-refractivity contribution in [2.75, 3.05) is 19.5 Å². The molecule has 0 atom stereocenters. The summed E-state index contributed by atoms with van der Waals surface area (Å²) in [5.41, 5.74) is 6.27. The Morgan fingerprint density at radius 3 is 2.70 bits per heavy atom. The molecule has 0 bridgehead atoms. The number of Topliss-reactive ketones (excluding diaryl/α,β-unsaturated/α-hetero) is 1. The summed E-state index contributed by atoms with van der Waals surface area (Å²) in [6, 6.07) is 12.7. The van der Waals surface area contributed by atoms with Crippen LogP contribution in [0.1, 0.15) is 40.2 Å². The maximum Gasteiger partial charge on any atom is 0.318 e. The number of benzene rings is 2. The van der Waals surface area contributed by atoms with Gasteiger partial charge in [-0.2, -0.15) is 10.4 Å². The molecule has 5 rings (SSSR count). The molecule has 204 valence electrons. The van der Waals surface area contributed by atoms with Crippen molar-refractivity contribution in [2.45, 2.75) is 33.2 Å². The average Bonchev–Trinajstić information content (AvgIpc) is 3.51. The van der Waals surface area contributed by atoms with Crippen LogP contribution in [0.3, 0.4) is 0 Å². The van der Waals surface area contributed by atoms with E-state index in [9.17, 15) is 14.9 Å². The Bertz CT molecular complexity index is 1740. The van der Waals surface area contributed by atoms with Crippen molar-refractivity contribution < 1.29 is 19.1 Å². The highest BCUT2D eigenvalue weighted by molar-refractivity contribution is 6.16. The first-order valence-electron chi connectivity index (χ1n) is 12.9. The summed E-state index contributed by atoms with van der Waals surface area (Å²) in [5.74, 6) is 0.990. The van der Waals surface area contributed by atoms with Gasteiger partial charge in [-0.25, -0.2) is 4.79 Å². The number of methoxy groups -OCH3 is 1. The molecule has 2 N–H and O–H groups in total. The number of aromatic nitrogens is 3. The van der Waals surface area contributed by atoms with Crippen LogP contribution in [0.5, 0.6) is 11.5 Å². The Morgan fingerprint density at radius 1 is 1.23 bits per heavy atom. The maximum atomic E-state index is 13.6. The number of carbonyl (C=O) groups is 2. The van der Waals surface area contributed by atoms with Gasteiger partial charge in [-0.1, -0.05) is 0 Å². The lowest BCUT2D eigenvalue weighted by Gasteiger charge is -2.12. The zero-order valence-corrected chi connectivity index (χ0v) is 23.1. The fraction of sp³-hybridized carbons (Fsp3) is 0.267. The minimum Gasteiger partial charge on any atom is -0.497 e. The van der Waals surface area contributed by atoms with E-state index in [2.05, 4.69) is 26.4 Å². The largest absolute Gasteiger partial charge is 0.497 e. The van der Waals surface area contributed by atoms with Crippen LogP contribution >= 0.6 is 0 Å². The van der Waals surface area contributed by atoms with Crippen molar-refractivity contribution in [3.05, 3.63) is 64.7 Å². The van der Waals surface area contributed by atoms with Crippen LogP contribution in [-0.4, -0.2) is 40.3 Å². The van der Waals surface area contributed by atoms with Crippen LogP contribution in [0.4, 0.5) is 10.5 Å². The quantitative estimate of drug-likeness (QED) is 0.242. The highest BCUT2D eigenvalue weighted by Gasteiger charge is 2.30. The lowest BCUT2D eigenvalue weighted by atomic mass is 10.0. The van der Waals surface area contributed by atoms with Gasteiger partial charge in [0.2, 0.25) is 5.78 Å². The first-order chi connectivity index (χ1) is 19.3. The number of nitrogens with one attached hydrogen (secondary N) is 2. The molecule has 0 saturated heterocycles. The molecule has 0 aliphatic carbocycles. The maximum absolute atomic E-state index is 13.6. The van der Waals surface area contributed by atoms with Gasteiger partial charge in [-0.3, -0.25) is 9.48 Å². The summed E-state index contributed by atoms with van der Waals surface area (Å²) in [6.45, 7) is 4.58.